The van der Waals surface area contributed by atoms with Gasteiger partial charge < -0.3 is 10.1 Å². The number of nitrogens with one attached hydrogen (secondary N) is 1. The smallest absolute Gasteiger partial charge is 0.266 e. The quantitative estimate of drug-likeness (QED) is 0.673. The maximum absolute atomic E-state index is 13.2. The van der Waals surface area contributed by atoms with Crippen molar-refractivity contribution < 1.29 is 4.74 Å². The zero-order valence-corrected chi connectivity index (χ0v) is 14.6. The van der Waals surface area contributed by atoms with E-state index in [1.165, 1.54) is 0 Å². The van der Waals surface area contributed by atoms with Gasteiger partial charge in [0.25, 0.3) is 5.56 Å². The molecule has 0 amide bonds. The molecular formula is C20H23N3O2. The highest BCUT2D eigenvalue weighted by Gasteiger charge is 2.19. The van der Waals surface area contributed by atoms with Crippen molar-refractivity contribution in [3.63, 3.8) is 0 Å². The average molecular weight is 337 g/mol. The van der Waals surface area contributed by atoms with E-state index in [0.29, 0.717) is 18.5 Å². The fourth-order valence-corrected chi connectivity index (χ4v) is 2.96. The third-order valence-corrected chi connectivity index (χ3v) is 4.23. The van der Waals surface area contributed by atoms with E-state index in [4.69, 9.17) is 9.72 Å². The second-order valence-electron chi connectivity index (χ2n) is 5.87. The van der Waals surface area contributed by atoms with Crippen LogP contribution in [0, 0.1) is 0 Å². The fraction of sp³-hybridized carbons (Fsp3) is 0.300. The Labute approximate surface area is 147 Å². The molecule has 5 heteroatoms. The van der Waals surface area contributed by atoms with Crippen molar-refractivity contribution in [1.82, 2.24) is 14.9 Å². The molecule has 0 aliphatic carbocycles. The van der Waals surface area contributed by atoms with Gasteiger partial charge in [0, 0.05) is 13.7 Å². The molecule has 3 aromatic rings. The van der Waals surface area contributed by atoms with Gasteiger partial charge >= 0.3 is 0 Å². The number of hydrogen-bond donors (Lipinski definition) is 1. The van der Waals surface area contributed by atoms with Crippen molar-refractivity contribution in [2.24, 2.45) is 0 Å². The van der Waals surface area contributed by atoms with E-state index in [2.05, 4.69) is 12.2 Å². The van der Waals surface area contributed by atoms with Crippen molar-refractivity contribution in [1.29, 1.82) is 0 Å². The summed E-state index contributed by atoms with van der Waals surface area (Å²) in [4.78, 5) is 18.0. The molecule has 0 aliphatic rings. The molecule has 130 valence electrons. The molecule has 0 saturated carbocycles. The molecule has 1 aromatic heterocycles. The maximum Gasteiger partial charge on any atom is 0.266 e. The summed E-state index contributed by atoms with van der Waals surface area (Å²) < 4.78 is 6.85. The molecule has 2 aromatic carbocycles. The van der Waals surface area contributed by atoms with Gasteiger partial charge in [0.15, 0.2) is 0 Å². The van der Waals surface area contributed by atoms with Crippen molar-refractivity contribution in [3.8, 4) is 5.69 Å². The van der Waals surface area contributed by atoms with E-state index >= 15 is 0 Å². The third kappa shape index (κ3) is 3.62. The van der Waals surface area contributed by atoms with Crippen LogP contribution in [0.2, 0.25) is 0 Å². The number of nitrogens with zero attached hydrogens (tertiary/aromatic N) is 2. The molecule has 0 saturated heterocycles. The lowest BCUT2D eigenvalue weighted by Crippen LogP contribution is -2.32. The lowest BCUT2D eigenvalue weighted by molar-refractivity contribution is 0.194. The Hall–Kier alpha value is -2.50. The lowest BCUT2D eigenvalue weighted by atomic mass is 10.1. The van der Waals surface area contributed by atoms with Crippen LogP contribution in [0.3, 0.4) is 0 Å². The zero-order valence-electron chi connectivity index (χ0n) is 14.6. The minimum absolute atomic E-state index is 0.0346. The first-order valence-electron chi connectivity index (χ1n) is 8.55. The summed E-state index contributed by atoms with van der Waals surface area (Å²) in [5.74, 6) is 0.730. The van der Waals surface area contributed by atoms with Gasteiger partial charge in [-0.25, -0.2) is 4.98 Å². The molecule has 0 bridgehead atoms. The minimum Gasteiger partial charge on any atom is -0.383 e. The van der Waals surface area contributed by atoms with Crippen LogP contribution in [-0.2, 0) is 4.74 Å². The van der Waals surface area contributed by atoms with Crippen LogP contribution in [0.4, 0.5) is 0 Å². The van der Waals surface area contributed by atoms with Crippen LogP contribution in [0.15, 0.2) is 59.4 Å². The Morgan fingerprint density at radius 3 is 2.56 bits per heavy atom. The molecule has 1 atom stereocenters. The summed E-state index contributed by atoms with van der Waals surface area (Å²) in [5.41, 5.74) is 1.51. The number of rotatable bonds is 7. The van der Waals surface area contributed by atoms with E-state index in [1.807, 2.05) is 54.6 Å². The molecule has 3 rings (SSSR count). The zero-order chi connectivity index (χ0) is 17.6. The van der Waals surface area contributed by atoms with E-state index in [9.17, 15) is 4.79 Å². The molecule has 0 spiro atoms. The van der Waals surface area contributed by atoms with Gasteiger partial charge in [-0.3, -0.25) is 9.36 Å². The van der Waals surface area contributed by atoms with Gasteiger partial charge in [-0.2, -0.15) is 0 Å². The van der Waals surface area contributed by atoms with Crippen LogP contribution in [0.1, 0.15) is 25.2 Å². The molecule has 5 nitrogen and oxygen atoms in total. The highest BCUT2D eigenvalue weighted by Crippen LogP contribution is 2.20. The number of ether oxygens (including phenoxy) is 1. The van der Waals surface area contributed by atoms with Gasteiger partial charge in [-0.15, -0.1) is 0 Å². The summed E-state index contributed by atoms with van der Waals surface area (Å²) in [5, 5.41) is 4.07. The Morgan fingerprint density at radius 2 is 1.84 bits per heavy atom. The van der Waals surface area contributed by atoms with Gasteiger partial charge in [-0.05, 0) is 30.7 Å². The van der Waals surface area contributed by atoms with Crippen LogP contribution in [0.25, 0.3) is 16.6 Å². The Bertz CT molecular complexity index is 890. The number of hydrogen-bond acceptors (Lipinski definition) is 4. The number of methoxy groups -OCH3 is 1. The van der Waals surface area contributed by atoms with Crippen molar-refractivity contribution >= 4 is 10.9 Å². The Balaban J connectivity index is 2.19. The van der Waals surface area contributed by atoms with E-state index in [0.717, 1.165) is 23.4 Å². The normalized spacial score (nSPS) is 12.4. The lowest BCUT2D eigenvalue weighted by Gasteiger charge is -2.21. The van der Waals surface area contributed by atoms with Gasteiger partial charge in [0.1, 0.15) is 5.82 Å². The first-order valence-corrected chi connectivity index (χ1v) is 8.55. The topological polar surface area (TPSA) is 56.1 Å². The predicted octanol–water partition coefficient (Wildman–Crippen LogP) is 3.07. The van der Waals surface area contributed by atoms with Crippen LogP contribution in [-0.4, -0.2) is 29.8 Å². The predicted molar refractivity (Wildman–Crippen MR) is 100 cm³/mol. The maximum atomic E-state index is 13.2. The van der Waals surface area contributed by atoms with Crippen LogP contribution < -0.4 is 10.9 Å². The SMILES string of the molecule is CC[C@@H](NCCOC)c1nc2ccccc2c(=O)n1-c1ccccc1. The molecule has 0 aliphatic heterocycles. The molecule has 1 heterocycles. The monoisotopic (exact) mass is 337 g/mol. The van der Waals surface area contributed by atoms with Crippen LogP contribution >= 0.6 is 0 Å². The van der Waals surface area contributed by atoms with Crippen molar-refractivity contribution in [3.05, 3.63) is 70.8 Å². The first-order chi connectivity index (χ1) is 12.3. The number of benzene rings is 2. The van der Waals surface area contributed by atoms with Crippen LogP contribution in [0.5, 0.6) is 0 Å². The van der Waals surface area contributed by atoms with Crippen molar-refractivity contribution in [2.75, 3.05) is 20.3 Å². The minimum atomic E-state index is -0.0428. The van der Waals surface area contributed by atoms with E-state index in [1.54, 1.807) is 11.7 Å². The fourth-order valence-electron chi connectivity index (χ4n) is 2.96. The van der Waals surface area contributed by atoms with Gasteiger partial charge in [0.2, 0.25) is 0 Å². The Kier molecular flexibility index (Phi) is 5.58. The van der Waals surface area contributed by atoms with Gasteiger partial charge in [-0.1, -0.05) is 37.3 Å². The molecule has 0 fully saturated rings. The second kappa shape index (κ2) is 8.05. The Morgan fingerprint density at radius 1 is 1.12 bits per heavy atom. The standard InChI is InChI=1S/C20H23N3O2/c1-3-17(21-13-14-25-2)19-22-18-12-8-7-11-16(18)20(24)23(19)15-9-5-4-6-10-15/h4-12,17,21H,3,13-14H2,1-2H3/t17-/m1/s1. The summed E-state index contributed by atoms with van der Waals surface area (Å²) >= 11 is 0. The third-order valence-electron chi connectivity index (χ3n) is 4.23. The highest BCUT2D eigenvalue weighted by molar-refractivity contribution is 5.77. The number of fused-ring (bicyclic) bond motifs is 1. The second-order valence-corrected chi connectivity index (χ2v) is 5.87. The molecule has 1 N–H and O–H groups in total. The largest absolute Gasteiger partial charge is 0.383 e. The molecule has 0 radical (unpaired) electrons. The number of aromatic nitrogens is 2. The van der Waals surface area contributed by atoms with Gasteiger partial charge in [0.05, 0.1) is 29.2 Å². The summed E-state index contributed by atoms with van der Waals surface area (Å²) in [7, 11) is 1.68. The summed E-state index contributed by atoms with van der Waals surface area (Å²) in [6.45, 7) is 3.40. The highest BCUT2D eigenvalue weighted by atomic mass is 16.5. The summed E-state index contributed by atoms with van der Waals surface area (Å²) in [6, 6.07) is 17.1. The molecular weight excluding hydrogens is 314 g/mol. The van der Waals surface area contributed by atoms with Crippen molar-refractivity contribution in [2.45, 2.75) is 19.4 Å². The summed E-state index contributed by atoms with van der Waals surface area (Å²) in [6.07, 6.45) is 0.821. The number of para-hydroxylation sites is 2. The average Bonchev–Trinajstić information content (AvgIpc) is 2.66. The first kappa shape index (κ1) is 17.3. The molecule has 0 unspecified atom stereocenters. The molecule has 25 heavy (non-hydrogen) atoms. The van der Waals surface area contributed by atoms with E-state index in [-0.39, 0.29) is 11.6 Å². The van der Waals surface area contributed by atoms with E-state index < -0.39 is 0 Å².